The zero-order valence-electron chi connectivity index (χ0n) is 7.48. The Balaban J connectivity index is 3.69. The van der Waals surface area contributed by atoms with Crippen molar-refractivity contribution < 1.29 is 29.5 Å². The van der Waals surface area contributed by atoms with E-state index in [2.05, 4.69) is 29.5 Å². The first-order valence-electron chi connectivity index (χ1n) is 4.12. The topological polar surface area (TPSA) is 26.3 Å². The van der Waals surface area contributed by atoms with Crippen LogP contribution in [-0.2, 0) is 7.86 Å². The molecule has 0 aliphatic carbocycles. The molecule has 0 amide bonds. The molecule has 0 bridgehead atoms. The maximum absolute atomic E-state index is 11.3. The van der Waals surface area contributed by atoms with Gasteiger partial charge >= 0.3 is 99.5 Å². The van der Waals surface area contributed by atoms with Gasteiger partial charge in [-0.1, -0.05) is 0 Å². The van der Waals surface area contributed by atoms with Crippen LogP contribution in [0.1, 0.15) is 26.7 Å². The first-order valence-corrected chi connectivity index (χ1v) is 8.05. The van der Waals surface area contributed by atoms with Crippen LogP contribution in [-0.4, -0.2) is 14.8 Å². The Morgan fingerprint density at radius 3 is 2.67 bits per heavy atom. The summed E-state index contributed by atoms with van der Waals surface area (Å²) in [5, 5.41) is 0. The van der Waals surface area contributed by atoms with E-state index in [1.807, 2.05) is 6.92 Å². The van der Waals surface area contributed by atoms with E-state index in [-0.39, 0.29) is 33.5 Å². The van der Waals surface area contributed by atoms with Crippen molar-refractivity contribution in [1.29, 1.82) is 0 Å². The molecule has 0 aromatic rings. The minimum atomic E-state index is -0.315. The number of hydrogen-bond donors (Lipinski definition) is 0. The van der Waals surface area contributed by atoms with Gasteiger partial charge in [-0.15, -0.1) is 0 Å². The van der Waals surface area contributed by atoms with E-state index in [4.69, 9.17) is 3.07 Å². The second-order valence-electron chi connectivity index (χ2n) is 2.36. The van der Waals surface area contributed by atoms with Gasteiger partial charge in [-0.3, -0.25) is 0 Å². The molecule has 0 aromatic heterocycles. The molecule has 2 nitrogen and oxygen atoms in total. The molecule has 0 aromatic carbocycles. The Labute approximate surface area is 98.8 Å². The zero-order chi connectivity index (χ0) is 9.40. The van der Waals surface area contributed by atoms with Crippen LogP contribution in [0.3, 0.4) is 0 Å². The molecule has 74 valence electrons. The first-order chi connectivity index (χ1) is 5.76. The molecule has 0 saturated heterocycles. The summed E-state index contributed by atoms with van der Waals surface area (Å²) < 4.78 is 7.22. The summed E-state index contributed by atoms with van der Waals surface area (Å²) in [6, 6.07) is 0. The summed E-state index contributed by atoms with van der Waals surface area (Å²) in [5.74, 6) is 0.178. The van der Waals surface area contributed by atoms with E-state index in [0.29, 0.717) is 0 Å². The van der Waals surface area contributed by atoms with Crippen LogP contribution >= 0.6 is 22.6 Å². The molecule has 0 aliphatic heterocycles. The molecule has 0 aliphatic rings. The Bertz CT molecular complexity index is 128. The molecule has 12 heavy (non-hydrogen) atoms. The summed E-state index contributed by atoms with van der Waals surface area (Å²) in [4.78, 5) is 11.3. The van der Waals surface area contributed by atoms with Gasteiger partial charge in [-0.05, 0) is 0 Å². The van der Waals surface area contributed by atoms with Gasteiger partial charge in [0.25, 0.3) is 0 Å². The van der Waals surface area contributed by atoms with Crippen molar-refractivity contribution in [3.63, 3.8) is 0 Å². The average molecular weight is 397 g/mol. The summed E-state index contributed by atoms with van der Waals surface area (Å²) >= 11 is 1.98. The minimum absolute atomic E-state index is 0.0313. The van der Waals surface area contributed by atoms with Gasteiger partial charge in [0, 0.05) is 0 Å². The van der Waals surface area contributed by atoms with E-state index >= 15 is 0 Å². The van der Waals surface area contributed by atoms with Crippen molar-refractivity contribution in [1.82, 2.24) is 0 Å². The van der Waals surface area contributed by atoms with E-state index in [9.17, 15) is 4.79 Å². The molecule has 1 atom stereocenters. The fourth-order valence-electron chi connectivity index (χ4n) is 0.792. The summed E-state index contributed by atoms with van der Waals surface area (Å²) in [5.41, 5.74) is 0. The molecule has 0 heterocycles. The number of hydrogen-bond acceptors (Lipinski definition) is 2. The Hall–Kier alpha value is 0.930. The molecule has 0 rings (SSSR count). The van der Waals surface area contributed by atoms with E-state index in [1.54, 1.807) is 0 Å². The quantitative estimate of drug-likeness (QED) is 0.443. The molecule has 0 radical (unpaired) electrons. The predicted molar refractivity (Wildman–Crippen MR) is 53.9 cm³/mol. The fourth-order valence-corrected chi connectivity index (χ4v) is 2.52. The van der Waals surface area contributed by atoms with Crippen molar-refractivity contribution in [2.24, 2.45) is 5.92 Å². The van der Waals surface area contributed by atoms with E-state index in [1.165, 1.54) is 0 Å². The Kier molecular flexibility index (Phi) is 9.19. The van der Waals surface area contributed by atoms with Crippen LogP contribution in [0.4, 0.5) is 0 Å². The number of carbonyl (C=O) groups is 1. The fraction of sp³-hybridized carbons (Fsp3) is 0.875. The second kappa shape index (κ2) is 8.52. The number of alkyl halides is 2. The van der Waals surface area contributed by atoms with Gasteiger partial charge in [0.05, 0.1) is 0 Å². The SMILES string of the molecule is CC[I-]OC(=O)C(CC)CCI. The van der Waals surface area contributed by atoms with Gasteiger partial charge in [-0.2, -0.15) is 0 Å². The molecule has 1 unspecified atom stereocenters. The summed E-state index contributed by atoms with van der Waals surface area (Å²) in [6.45, 7) is 4.10. The molecule has 0 N–H and O–H groups in total. The summed E-state index contributed by atoms with van der Waals surface area (Å²) in [6.07, 6.45) is 1.87. The third kappa shape index (κ3) is 5.55. The van der Waals surface area contributed by atoms with Crippen molar-refractivity contribution in [3.8, 4) is 0 Å². The molecular weight excluding hydrogens is 382 g/mol. The standard InChI is InChI=1S/C8H15I2O2/c1-3-7(5-6-9)8(11)12-10-4-2/h7H,3-6H2,1-2H3/q-1. The first kappa shape index (κ1) is 12.9. The molecule has 0 saturated carbocycles. The van der Waals surface area contributed by atoms with Crippen molar-refractivity contribution in [2.45, 2.75) is 26.7 Å². The number of carbonyl (C=O) groups excluding carboxylic acids is 1. The summed E-state index contributed by atoms with van der Waals surface area (Å²) in [7, 11) is 0. The second-order valence-corrected chi connectivity index (χ2v) is 6.02. The monoisotopic (exact) mass is 397 g/mol. The van der Waals surface area contributed by atoms with Crippen molar-refractivity contribution in [3.05, 3.63) is 0 Å². The average Bonchev–Trinajstić information content (AvgIpc) is 2.10. The maximum atomic E-state index is 11.3. The van der Waals surface area contributed by atoms with Crippen LogP contribution in [0.2, 0.25) is 0 Å². The van der Waals surface area contributed by atoms with Crippen LogP contribution < -0.4 is 21.6 Å². The molecule has 4 heteroatoms. The van der Waals surface area contributed by atoms with Crippen LogP contribution in [0.5, 0.6) is 0 Å². The number of rotatable bonds is 6. The Morgan fingerprint density at radius 2 is 2.25 bits per heavy atom. The van der Waals surface area contributed by atoms with Gasteiger partial charge in [0.15, 0.2) is 0 Å². The predicted octanol–water partition coefficient (Wildman–Crippen LogP) is -0.595. The zero-order valence-corrected chi connectivity index (χ0v) is 11.8. The van der Waals surface area contributed by atoms with Gasteiger partial charge in [0.1, 0.15) is 0 Å². The number of halogens is 2. The Morgan fingerprint density at radius 1 is 1.58 bits per heavy atom. The molecule has 0 spiro atoms. The van der Waals surface area contributed by atoms with Crippen molar-refractivity contribution in [2.75, 3.05) is 8.86 Å². The molecular formula is C8H15I2O2-. The molecule has 0 fully saturated rings. The van der Waals surface area contributed by atoms with Crippen LogP contribution in [0.15, 0.2) is 0 Å². The van der Waals surface area contributed by atoms with Crippen LogP contribution in [0, 0.1) is 5.92 Å². The van der Waals surface area contributed by atoms with E-state index in [0.717, 1.165) is 21.7 Å². The van der Waals surface area contributed by atoms with Crippen LogP contribution in [0.25, 0.3) is 0 Å². The van der Waals surface area contributed by atoms with Crippen molar-refractivity contribution >= 4 is 28.6 Å². The van der Waals surface area contributed by atoms with Gasteiger partial charge < -0.3 is 0 Å². The third-order valence-corrected chi connectivity index (χ3v) is 3.51. The third-order valence-electron chi connectivity index (χ3n) is 1.52. The van der Waals surface area contributed by atoms with Gasteiger partial charge in [-0.25, -0.2) is 0 Å². The van der Waals surface area contributed by atoms with Gasteiger partial charge in [0.2, 0.25) is 0 Å². The normalized spacial score (nSPS) is 12.9. The van der Waals surface area contributed by atoms with E-state index < -0.39 is 0 Å².